The first-order valence-corrected chi connectivity index (χ1v) is 16.0. The topological polar surface area (TPSA) is 60.8 Å². The van der Waals surface area contributed by atoms with Crippen LogP contribution >= 0.6 is 0 Å². The van der Waals surface area contributed by atoms with E-state index in [-0.39, 0.29) is 11.8 Å². The molecular weight excluding hydrogens is 570 g/mol. The molecule has 0 bridgehead atoms. The highest BCUT2D eigenvalue weighted by Gasteiger charge is 2.27. The maximum absolute atomic E-state index is 14.0. The Morgan fingerprint density at radius 2 is 1.35 bits per heavy atom. The zero-order valence-corrected chi connectivity index (χ0v) is 26.2. The first-order chi connectivity index (χ1) is 22.5. The lowest BCUT2D eigenvalue weighted by molar-refractivity contribution is 0.0983. The molecule has 7 rings (SSSR count). The van der Waals surface area contributed by atoms with E-state index in [1.54, 1.807) is 24.3 Å². The molecule has 5 aromatic rings. The predicted octanol–water partition coefficient (Wildman–Crippen LogP) is 6.58. The minimum Gasteiger partial charge on any atom is -0.341 e. The summed E-state index contributed by atoms with van der Waals surface area (Å²) in [5.74, 6) is -0.223. The first-order valence-electron chi connectivity index (χ1n) is 16.0. The van der Waals surface area contributed by atoms with Gasteiger partial charge in [0.2, 0.25) is 0 Å². The number of carbonyl (C=O) groups excluding carboxylic acids is 2. The van der Waals surface area contributed by atoms with Gasteiger partial charge < -0.3 is 14.8 Å². The van der Waals surface area contributed by atoms with E-state index in [0.29, 0.717) is 23.4 Å². The number of fused-ring (bicyclic) bond motifs is 2. The van der Waals surface area contributed by atoms with Gasteiger partial charge in [-0.3, -0.25) is 19.4 Å². The third-order valence-electron chi connectivity index (χ3n) is 9.22. The molecule has 1 fully saturated rings. The van der Waals surface area contributed by atoms with Gasteiger partial charge >= 0.3 is 0 Å². The van der Waals surface area contributed by atoms with Gasteiger partial charge in [0.25, 0.3) is 11.8 Å². The van der Waals surface area contributed by atoms with Crippen molar-refractivity contribution in [2.75, 3.05) is 36.4 Å². The highest BCUT2D eigenvalue weighted by molar-refractivity contribution is 6.08. The van der Waals surface area contributed by atoms with E-state index in [9.17, 15) is 9.59 Å². The van der Waals surface area contributed by atoms with Crippen molar-refractivity contribution in [1.29, 1.82) is 0 Å². The maximum Gasteiger partial charge on any atom is 0.258 e. The van der Waals surface area contributed by atoms with Crippen molar-refractivity contribution in [2.24, 2.45) is 0 Å². The Labute approximate surface area is 270 Å². The fourth-order valence-electron chi connectivity index (χ4n) is 6.60. The van der Waals surface area contributed by atoms with Gasteiger partial charge in [-0.15, -0.1) is 0 Å². The molecule has 2 aliphatic heterocycles. The third-order valence-corrected chi connectivity index (χ3v) is 9.22. The largest absolute Gasteiger partial charge is 0.341 e. The number of amides is 2. The summed E-state index contributed by atoms with van der Waals surface area (Å²) in [5.41, 5.74) is 8.63. The molecule has 2 amide bonds. The molecule has 1 aromatic heterocycles. The Bertz CT molecular complexity index is 1840. The van der Waals surface area contributed by atoms with Crippen LogP contribution in [0.25, 0.3) is 0 Å². The quantitative estimate of drug-likeness (QED) is 0.227. The van der Waals surface area contributed by atoms with E-state index in [1.807, 2.05) is 54.3 Å². The molecule has 0 atom stereocenters. The molecule has 3 heterocycles. The average Bonchev–Trinajstić information content (AvgIpc) is 3.36. The van der Waals surface area contributed by atoms with Crippen molar-refractivity contribution in [2.45, 2.75) is 33.1 Å². The van der Waals surface area contributed by atoms with E-state index in [1.165, 1.54) is 11.3 Å². The summed E-state index contributed by atoms with van der Waals surface area (Å²) < 4.78 is 2.40. The Kier molecular flexibility index (Phi) is 8.51. The molecule has 7 nitrogen and oxygen atoms in total. The standard InChI is InChI=1S/C39H39N5O2/c1-29-9-5-7-13-36(29)38(45)40-33-17-15-31(16-18-33)39(46)44-28-35-20-19-34(43(35)26-32-12-6-8-14-37(32)44)27-42-23-21-41(22-24-42)25-30-10-3-2-4-11-30/h2-20H,21-28H2,1H3,(H,40,45). The average molecular weight is 610 g/mol. The molecule has 1 N–H and O–H groups in total. The van der Waals surface area contributed by atoms with Crippen LogP contribution in [0.2, 0.25) is 0 Å². The fourth-order valence-corrected chi connectivity index (χ4v) is 6.60. The molecule has 232 valence electrons. The number of para-hydroxylation sites is 1. The zero-order valence-electron chi connectivity index (χ0n) is 26.2. The van der Waals surface area contributed by atoms with Crippen LogP contribution in [-0.4, -0.2) is 52.4 Å². The van der Waals surface area contributed by atoms with Crippen LogP contribution < -0.4 is 10.2 Å². The van der Waals surface area contributed by atoms with Gasteiger partial charge in [0.05, 0.1) is 6.54 Å². The Balaban J connectivity index is 1.04. The Morgan fingerprint density at radius 3 is 2.11 bits per heavy atom. The van der Waals surface area contributed by atoms with Crippen molar-refractivity contribution in [3.05, 3.63) is 154 Å². The third kappa shape index (κ3) is 6.38. The minimum atomic E-state index is -0.163. The lowest BCUT2D eigenvalue weighted by Crippen LogP contribution is -2.45. The molecule has 0 aliphatic carbocycles. The van der Waals surface area contributed by atoms with Crippen LogP contribution in [0.3, 0.4) is 0 Å². The van der Waals surface area contributed by atoms with Crippen LogP contribution in [0.4, 0.5) is 11.4 Å². The summed E-state index contributed by atoms with van der Waals surface area (Å²) in [4.78, 5) is 33.8. The summed E-state index contributed by atoms with van der Waals surface area (Å²) in [7, 11) is 0. The zero-order chi connectivity index (χ0) is 31.5. The number of nitrogens with zero attached hydrogens (tertiary/aromatic N) is 4. The second-order valence-electron chi connectivity index (χ2n) is 12.3. The second kappa shape index (κ2) is 13.2. The molecule has 0 unspecified atom stereocenters. The number of benzene rings is 4. The summed E-state index contributed by atoms with van der Waals surface area (Å²) >= 11 is 0. The van der Waals surface area contributed by atoms with Crippen LogP contribution in [-0.2, 0) is 26.2 Å². The van der Waals surface area contributed by atoms with Gasteiger partial charge in [-0.25, -0.2) is 0 Å². The predicted molar refractivity (Wildman–Crippen MR) is 183 cm³/mol. The Hall–Kier alpha value is -4.98. The van der Waals surface area contributed by atoms with Crippen LogP contribution in [0, 0.1) is 6.92 Å². The van der Waals surface area contributed by atoms with Crippen molar-refractivity contribution in [3.8, 4) is 0 Å². The number of nitrogens with one attached hydrogen (secondary N) is 1. The fraction of sp³-hybridized carbons (Fsp3) is 0.231. The first kappa shape index (κ1) is 29.7. The smallest absolute Gasteiger partial charge is 0.258 e. The summed E-state index contributed by atoms with van der Waals surface area (Å²) in [5, 5.41) is 2.96. The number of aryl methyl sites for hydroxylation is 1. The van der Waals surface area contributed by atoms with E-state index in [4.69, 9.17) is 0 Å². The second-order valence-corrected chi connectivity index (χ2v) is 12.3. The number of aromatic nitrogens is 1. The summed E-state index contributed by atoms with van der Waals surface area (Å²) in [6.07, 6.45) is 0. The molecule has 1 saturated heterocycles. The number of hydrogen-bond acceptors (Lipinski definition) is 4. The van der Waals surface area contributed by atoms with Crippen molar-refractivity contribution in [3.63, 3.8) is 0 Å². The molecule has 0 spiro atoms. The van der Waals surface area contributed by atoms with E-state index >= 15 is 0 Å². The van der Waals surface area contributed by atoms with Gasteiger partial charge in [0, 0.05) is 79.7 Å². The molecule has 7 heteroatoms. The van der Waals surface area contributed by atoms with E-state index < -0.39 is 0 Å². The van der Waals surface area contributed by atoms with Crippen molar-refractivity contribution in [1.82, 2.24) is 14.4 Å². The number of rotatable bonds is 7. The van der Waals surface area contributed by atoms with Gasteiger partial charge in [0.15, 0.2) is 0 Å². The van der Waals surface area contributed by atoms with E-state index in [0.717, 1.165) is 68.3 Å². The van der Waals surface area contributed by atoms with Gasteiger partial charge in [-0.2, -0.15) is 0 Å². The highest BCUT2D eigenvalue weighted by atomic mass is 16.2. The number of anilines is 2. The normalized spacial score (nSPS) is 15.1. The lowest BCUT2D eigenvalue weighted by Gasteiger charge is -2.35. The Morgan fingerprint density at radius 1 is 0.674 bits per heavy atom. The SMILES string of the molecule is Cc1ccccc1C(=O)Nc1ccc(C(=O)N2Cc3ccc(CN4CCN(Cc5ccccc5)CC4)n3Cc3ccccc32)cc1. The van der Waals surface area contributed by atoms with Crippen molar-refractivity contribution < 1.29 is 9.59 Å². The molecule has 0 saturated carbocycles. The highest BCUT2D eigenvalue weighted by Crippen LogP contribution is 2.31. The van der Waals surface area contributed by atoms with Gasteiger partial charge in [0.1, 0.15) is 0 Å². The lowest BCUT2D eigenvalue weighted by atomic mass is 10.1. The number of piperazine rings is 1. The molecule has 46 heavy (non-hydrogen) atoms. The molecule has 2 aliphatic rings. The summed E-state index contributed by atoms with van der Waals surface area (Å²) in [6, 6.07) is 38.0. The van der Waals surface area contributed by atoms with Gasteiger partial charge in [-0.05, 0) is 72.1 Å². The monoisotopic (exact) mass is 609 g/mol. The maximum atomic E-state index is 14.0. The molecule has 4 aromatic carbocycles. The summed E-state index contributed by atoms with van der Waals surface area (Å²) in [6.45, 7) is 9.23. The van der Waals surface area contributed by atoms with Crippen LogP contribution in [0.1, 0.15) is 48.8 Å². The van der Waals surface area contributed by atoms with E-state index in [2.05, 4.69) is 68.2 Å². The number of hydrogen-bond donors (Lipinski definition) is 1. The van der Waals surface area contributed by atoms with Gasteiger partial charge in [-0.1, -0.05) is 66.7 Å². The molecular formula is C39H39N5O2. The van der Waals surface area contributed by atoms with Crippen LogP contribution in [0.15, 0.2) is 115 Å². The van der Waals surface area contributed by atoms with Crippen molar-refractivity contribution >= 4 is 23.2 Å². The van der Waals surface area contributed by atoms with Crippen LogP contribution in [0.5, 0.6) is 0 Å². The number of carbonyl (C=O) groups is 2. The molecule has 0 radical (unpaired) electrons. The minimum absolute atomic E-state index is 0.0602.